The van der Waals surface area contributed by atoms with Crippen LogP contribution in [-0.4, -0.2) is 41.2 Å². The zero-order chi connectivity index (χ0) is 29.8. The van der Waals surface area contributed by atoms with Crippen molar-refractivity contribution >= 4 is 57.4 Å². The van der Waals surface area contributed by atoms with Crippen molar-refractivity contribution in [3.05, 3.63) is 112 Å². The van der Waals surface area contributed by atoms with Crippen molar-refractivity contribution in [2.24, 2.45) is 0 Å². The molecule has 1 aliphatic rings. The first-order chi connectivity index (χ1) is 20.2. The number of anilines is 1. The largest absolute Gasteiger partial charge is 0.352 e. The minimum Gasteiger partial charge on any atom is -0.352 e. The number of amides is 3. The number of halogens is 2. The normalized spacial score (nSPS) is 13.1. The lowest BCUT2D eigenvalue weighted by Crippen LogP contribution is -2.52. The number of benzene rings is 4. The molecule has 0 radical (unpaired) electrons. The Hall–Kier alpha value is -3.87. The number of hydrogen-bond donors (Lipinski definition) is 1. The Labute approximate surface area is 256 Å². The molecule has 1 heterocycles. The third-order valence-electron chi connectivity index (χ3n) is 7.51. The minimum atomic E-state index is -0.791. The quantitative estimate of drug-likeness (QED) is 0.200. The van der Waals surface area contributed by atoms with Crippen molar-refractivity contribution in [3.8, 4) is 0 Å². The van der Waals surface area contributed by atoms with Gasteiger partial charge in [-0.15, -0.1) is 0 Å². The van der Waals surface area contributed by atoms with Crippen molar-refractivity contribution in [1.82, 2.24) is 10.2 Å². The summed E-state index contributed by atoms with van der Waals surface area (Å²) >= 11 is 13.1. The van der Waals surface area contributed by atoms with Gasteiger partial charge in [0, 0.05) is 58.5 Å². The van der Waals surface area contributed by atoms with Crippen molar-refractivity contribution in [2.45, 2.75) is 51.7 Å². The van der Waals surface area contributed by atoms with Gasteiger partial charge in [-0.2, -0.15) is 0 Å². The monoisotopic (exact) mass is 601 g/mol. The van der Waals surface area contributed by atoms with E-state index in [4.69, 9.17) is 23.2 Å². The highest BCUT2D eigenvalue weighted by atomic mass is 35.5. The minimum absolute atomic E-state index is 0.0628. The Morgan fingerprint density at radius 3 is 2.24 bits per heavy atom. The molecule has 4 aromatic carbocycles. The number of nitrogens with one attached hydrogen (secondary N) is 1. The van der Waals surface area contributed by atoms with Crippen LogP contribution in [0.4, 0.5) is 5.69 Å². The molecule has 5 rings (SSSR count). The highest BCUT2D eigenvalue weighted by Crippen LogP contribution is 2.37. The van der Waals surface area contributed by atoms with Crippen LogP contribution in [-0.2, 0) is 22.6 Å². The van der Waals surface area contributed by atoms with Gasteiger partial charge in [0.1, 0.15) is 6.04 Å². The van der Waals surface area contributed by atoms with E-state index in [0.29, 0.717) is 40.6 Å². The van der Waals surface area contributed by atoms with E-state index in [1.807, 2.05) is 80.6 Å². The summed E-state index contributed by atoms with van der Waals surface area (Å²) in [7, 11) is 0. The summed E-state index contributed by atoms with van der Waals surface area (Å²) in [6.45, 7) is 4.23. The lowest BCUT2D eigenvalue weighted by molar-refractivity contribution is -0.141. The molecule has 0 spiro atoms. The fourth-order valence-electron chi connectivity index (χ4n) is 5.52. The van der Waals surface area contributed by atoms with Crippen molar-refractivity contribution in [2.75, 3.05) is 11.4 Å². The van der Waals surface area contributed by atoms with Gasteiger partial charge in [-0.3, -0.25) is 14.4 Å². The zero-order valence-electron chi connectivity index (χ0n) is 23.6. The first-order valence-electron chi connectivity index (χ1n) is 14.1. The van der Waals surface area contributed by atoms with Crippen LogP contribution in [0, 0.1) is 0 Å². The van der Waals surface area contributed by atoms with Gasteiger partial charge in [0.25, 0.3) is 5.91 Å². The molecule has 0 saturated carbocycles. The van der Waals surface area contributed by atoms with Crippen LogP contribution in [0.15, 0.2) is 84.9 Å². The maximum Gasteiger partial charge on any atom is 0.258 e. The fourth-order valence-corrected chi connectivity index (χ4v) is 6.04. The van der Waals surface area contributed by atoms with Crippen LogP contribution in [0.1, 0.15) is 48.2 Å². The first kappa shape index (κ1) is 29.6. The highest BCUT2D eigenvalue weighted by Gasteiger charge is 2.33. The van der Waals surface area contributed by atoms with Gasteiger partial charge in [-0.05, 0) is 55.5 Å². The summed E-state index contributed by atoms with van der Waals surface area (Å²) in [6.07, 6.45) is 0.888. The van der Waals surface area contributed by atoms with Gasteiger partial charge in [-0.1, -0.05) is 83.9 Å². The van der Waals surface area contributed by atoms with E-state index >= 15 is 0 Å². The molecule has 6 nitrogen and oxygen atoms in total. The van der Waals surface area contributed by atoms with Crippen molar-refractivity contribution < 1.29 is 14.4 Å². The lowest BCUT2D eigenvalue weighted by atomic mass is 10.0. The standard InChI is InChI=1S/C34H33Cl2N3O3/c1-22(2)37-33(41)30(20-23-10-4-3-5-11-23)39(21-26-27(35)15-8-16-28(26)36)31(40)18-9-19-38-29-17-7-13-24-12-6-14-25(32(24)29)34(38)42/h3-8,10-17,22,30H,9,18-21H2,1-2H3,(H,37,41). The molecule has 8 heteroatoms. The van der Waals surface area contributed by atoms with Gasteiger partial charge in [0.2, 0.25) is 11.8 Å². The van der Waals surface area contributed by atoms with Crippen LogP contribution < -0.4 is 10.2 Å². The lowest BCUT2D eigenvalue weighted by Gasteiger charge is -2.33. The number of carbonyl (C=O) groups is 3. The number of rotatable bonds is 11. The van der Waals surface area contributed by atoms with E-state index in [2.05, 4.69) is 5.32 Å². The number of carbonyl (C=O) groups excluding carboxylic acids is 3. The molecule has 1 atom stereocenters. The summed E-state index contributed by atoms with van der Waals surface area (Å²) < 4.78 is 0. The Kier molecular flexibility index (Phi) is 9.15. The van der Waals surface area contributed by atoms with E-state index in [-0.39, 0.29) is 36.7 Å². The molecule has 0 saturated heterocycles. The average Bonchev–Trinajstić information content (AvgIpc) is 3.24. The van der Waals surface area contributed by atoms with Gasteiger partial charge in [0.15, 0.2) is 0 Å². The maximum absolute atomic E-state index is 14.0. The van der Waals surface area contributed by atoms with Crippen molar-refractivity contribution in [3.63, 3.8) is 0 Å². The Bertz CT molecular complexity index is 1600. The molecule has 1 unspecified atom stereocenters. The first-order valence-corrected chi connectivity index (χ1v) is 14.9. The van der Waals surface area contributed by atoms with E-state index in [9.17, 15) is 14.4 Å². The summed E-state index contributed by atoms with van der Waals surface area (Å²) in [5.74, 6) is -0.525. The number of hydrogen-bond acceptors (Lipinski definition) is 3. The van der Waals surface area contributed by atoms with Gasteiger partial charge >= 0.3 is 0 Å². The Balaban J connectivity index is 1.40. The molecule has 42 heavy (non-hydrogen) atoms. The van der Waals surface area contributed by atoms with E-state index in [1.54, 1.807) is 28.0 Å². The maximum atomic E-state index is 14.0. The van der Waals surface area contributed by atoms with Crippen LogP contribution >= 0.6 is 23.2 Å². The molecule has 1 aliphatic heterocycles. The van der Waals surface area contributed by atoms with Crippen molar-refractivity contribution in [1.29, 1.82) is 0 Å². The topological polar surface area (TPSA) is 69.7 Å². The predicted octanol–water partition coefficient (Wildman–Crippen LogP) is 7.05. The second-order valence-corrected chi connectivity index (χ2v) is 11.6. The summed E-state index contributed by atoms with van der Waals surface area (Å²) in [5, 5.41) is 5.80. The third kappa shape index (κ3) is 6.30. The predicted molar refractivity (Wildman–Crippen MR) is 169 cm³/mol. The van der Waals surface area contributed by atoms with Gasteiger partial charge in [0.05, 0.1) is 5.69 Å². The second kappa shape index (κ2) is 13.0. The van der Waals surface area contributed by atoms with Crippen LogP contribution in [0.2, 0.25) is 10.0 Å². The van der Waals surface area contributed by atoms with Crippen LogP contribution in [0.5, 0.6) is 0 Å². The summed E-state index contributed by atoms with van der Waals surface area (Å²) in [6, 6.07) is 25.5. The molecule has 1 N–H and O–H groups in total. The van der Waals surface area contributed by atoms with E-state index in [0.717, 1.165) is 22.0 Å². The summed E-state index contributed by atoms with van der Waals surface area (Å²) in [4.78, 5) is 44.2. The Morgan fingerprint density at radius 2 is 1.55 bits per heavy atom. The summed E-state index contributed by atoms with van der Waals surface area (Å²) in [5.41, 5.74) is 3.05. The molecule has 0 aromatic heterocycles. The van der Waals surface area contributed by atoms with E-state index in [1.165, 1.54) is 0 Å². The second-order valence-electron chi connectivity index (χ2n) is 10.8. The molecule has 216 valence electrons. The smallest absolute Gasteiger partial charge is 0.258 e. The van der Waals surface area contributed by atoms with Crippen LogP contribution in [0.25, 0.3) is 10.8 Å². The molecular weight excluding hydrogens is 569 g/mol. The SMILES string of the molecule is CC(C)NC(=O)C(Cc1ccccc1)N(Cc1c(Cl)cccc1Cl)C(=O)CCCN1C(=O)c2cccc3cccc1c23. The molecule has 0 bridgehead atoms. The molecule has 0 fully saturated rings. The molecule has 3 amide bonds. The van der Waals surface area contributed by atoms with Gasteiger partial charge in [-0.25, -0.2) is 0 Å². The molecular formula is C34H33Cl2N3O3. The Morgan fingerprint density at radius 1 is 0.881 bits per heavy atom. The molecule has 0 aliphatic carbocycles. The molecule has 4 aromatic rings. The average molecular weight is 603 g/mol. The fraction of sp³-hybridized carbons (Fsp3) is 0.265. The number of nitrogens with zero attached hydrogens (tertiary/aromatic N) is 2. The van der Waals surface area contributed by atoms with Gasteiger partial charge < -0.3 is 15.1 Å². The van der Waals surface area contributed by atoms with Crippen LogP contribution in [0.3, 0.4) is 0 Å². The van der Waals surface area contributed by atoms with E-state index < -0.39 is 6.04 Å². The zero-order valence-corrected chi connectivity index (χ0v) is 25.2. The third-order valence-corrected chi connectivity index (χ3v) is 8.22. The highest BCUT2D eigenvalue weighted by molar-refractivity contribution is 6.36.